The number of aliphatic carboxylic acids is 2. The molecule has 1 aromatic heterocycles. The molecule has 0 radical (unpaired) electrons. The monoisotopic (exact) mass is 698 g/mol. The largest absolute Gasteiger partial charge is 0.504 e. The van der Waals surface area contributed by atoms with E-state index in [0.717, 1.165) is 34.1 Å². The molecule has 0 spiro atoms. The molecule has 0 saturated carbocycles. The fraction of sp³-hybridized carbons (Fsp3) is 0.292. The van der Waals surface area contributed by atoms with E-state index >= 15 is 0 Å². The van der Waals surface area contributed by atoms with Crippen LogP contribution in [0.5, 0.6) is 11.5 Å². The van der Waals surface area contributed by atoms with Crippen LogP contribution in [0, 0.1) is 0 Å². The molecule has 2 aliphatic rings. The number of nitrogens with zero attached hydrogens (tertiary/aromatic N) is 3. The third-order valence-electron chi connectivity index (χ3n) is 6.16. The second-order valence-electron chi connectivity index (χ2n) is 9.54. The van der Waals surface area contributed by atoms with Gasteiger partial charge in [0.1, 0.15) is 22.8 Å². The maximum absolute atomic E-state index is 13.2. The molecule has 0 bridgehead atoms. The van der Waals surface area contributed by atoms with Crippen molar-refractivity contribution in [2.75, 3.05) is 18.0 Å². The molecular weight excluding hydrogens is 676 g/mol. The Morgan fingerprint density at radius 3 is 2.53 bits per heavy atom. The average molecular weight is 700 g/mol. The number of aromatic nitrogens is 1. The van der Waals surface area contributed by atoms with E-state index < -0.39 is 63.9 Å². The number of carboxylic acids is 2. The van der Waals surface area contributed by atoms with Gasteiger partial charge in [-0.1, -0.05) is 5.16 Å². The number of carbonyl (C=O) groups excluding carboxylic acids is 3. The molecule has 2 atom stereocenters. The summed E-state index contributed by atoms with van der Waals surface area (Å²) in [6, 6.07) is 1.12. The summed E-state index contributed by atoms with van der Waals surface area (Å²) < 4.78 is 0.0713. The number of nitrogens with one attached hydrogen (secondary N) is 2. The summed E-state index contributed by atoms with van der Waals surface area (Å²) in [5, 5.41) is 48.0. The van der Waals surface area contributed by atoms with Crippen LogP contribution in [0.3, 0.4) is 0 Å². The lowest BCUT2D eigenvalue weighted by Gasteiger charge is -2.49. The highest BCUT2D eigenvalue weighted by atomic mass is 79.9. The summed E-state index contributed by atoms with van der Waals surface area (Å²) in [7, 11) is 0. The highest BCUT2D eigenvalue weighted by molar-refractivity contribution is 9.10. The second kappa shape index (κ2) is 12.1. The van der Waals surface area contributed by atoms with Crippen LogP contribution in [-0.2, 0) is 24.0 Å². The molecule has 228 valence electrons. The van der Waals surface area contributed by atoms with Crippen molar-refractivity contribution in [1.82, 2.24) is 20.5 Å². The predicted octanol–water partition coefficient (Wildman–Crippen LogP) is 0.651. The van der Waals surface area contributed by atoms with Crippen molar-refractivity contribution in [2.45, 2.75) is 30.9 Å². The van der Waals surface area contributed by atoms with Crippen molar-refractivity contribution in [2.24, 2.45) is 5.16 Å². The first-order chi connectivity index (χ1) is 20.1. The number of β-lactam (4-membered cyclic amide) rings is 1. The lowest BCUT2D eigenvalue weighted by atomic mass is 10.0. The Morgan fingerprint density at radius 2 is 1.95 bits per heavy atom. The van der Waals surface area contributed by atoms with Gasteiger partial charge >= 0.3 is 11.9 Å². The van der Waals surface area contributed by atoms with E-state index in [1.807, 2.05) is 0 Å². The number of benzene rings is 1. The quantitative estimate of drug-likeness (QED) is 0.0780. The van der Waals surface area contributed by atoms with Gasteiger partial charge in [-0.15, -0.1) is 23.1 Å². The number of hydrogen-bond acceptors (Lipinski definition) is 13. The van der Waals surface area contributed by atoms with Crippen molar-refractivity contribution in [3.05, 3.63) is 44.5 Å². The molecule has 2 aromatic rings. The third kappa shape index (κ3) is 6.37. The Kier molecular flexibility index (Phi) is 8.88. The predicted molar refractivity (Wildman–Crippen MR) is 155 cm³/mol. The number of phenolic OH excluding ortho intramolecular Hbond substituents is 2. The van der Waals surface area contributed by atoms with Crippen molar-refractivity contribution >= 4 is 79.5 Å². The molecule has 0 aliphatic carbocycles. The summed E-state index contributed by atoms with van der Waals surface area (Å²) in [5.74, 6) is -6.06. The van der Waals surface area contributed by atoms with E-state index in [-0.39, 0.29) is 44.4 Å². The van der Waals surface area contributed by atoms with Crippen LogP contribution in [0.4, 0.5) is 5.13 Å². The molecule has 3 amide bonds. The first-order valence-electron chi connectivity index (χ1n) is 12.0. The molecule has 8 N–H and O–H groups in total. The van der Waals surface area contributed by atoms with Gasteiger partial charge in [-0.2, -0.15) is 0 Å². The minimum Gasteiger partial charge on any atom is -0.504 e. The van der Waals surface area contributed by atoms with Crippen LogP contribution in [0.15, 0.2) is 38.4 Å². The number of carbonyl (C=O) groups is 5. The highest BCUT2D eigenvalue weighted by Crippen LogP contribution is 2.40. The topological polar surface area (TPSA) is 254 Å². The fourth-order valence-corrected chi connectivity index (χ4v) is 6.18. The van der Waals surface area contributed by atoms with Gasteiger partial charge in [0.25, 0.3) is 17.7 Å². The van der Waals surface area contributed by atoms with Crippen molar-refractivity contribution < 1.29 is 49.2 Å². The number of carboxylic acid groups (broad SMARTS) is 2. The molecule has 2 aliphatic heterocycles. The van der Waals surface area contributed by atoms with Crippen molar-refractivity contribution in [1.29, 1.82) is 0 Å². The SMILES string of the molecule is CC(C)(O/N=C(\C(=O)NC1C(=O)N2C(C(=O)O)=C(CNC(=O)c3cc(O)c(O)c(Br)c3)CS[C@H]12)c1csc(N)n1)C(=O)O. The zero-order valence-electron chi connectivity index (χ0n) is 22.2. The van der Waals surface area contributed by atoms with Gasteiger partial charge in [-0.05, 0) is 47.5 Å². The molecule has 1 fully saturated rings. The smallest absolute Gasteiger partial charge is 0.352 e. The zero-order valence-corrected chi connectivity index (χ0v) is 25.4. The van der Waals surface area contributed by atoms with E-state index in [1.54, 1.807) is 0 Å². The normalized spacial score (nSPS) is 18.4. The van der Waals surface area contributed by atoms with E-state index in [2.05, 4.69) is 36.7 Å². The highest BCUT2D eigenvalue weighted by Gasteiger charge is 2.54. The fourth-order valence-electron chi connectivity index (χ4n) is 3.83. The number of amides is 3. The molecule has 1 saturated heterocycles. The maximum Gasteiger partial charge on any atom is 0.352 e. The number of nitrogen functional groups attached to an aromatic ring is 1. The van der Waals surface area contributed by atoms with Crippen LogP contribution in [0.1, 0.15) is 29.9 Å². The van der Waals surface area contributed by atoms with Gasteiger partial charge in [0, 0.05) is 23.2 Å². The molecule has 4 rings (SSSR count). The number of oxime groups is 1. The number of nitrogens with two attached hydrogens (primary N) is 1. The molecule has 1 unspecified atom stereocenters. The van der Waals surface area contributed by atoms with E-state index in [1.165, 1.54) is 25.3 Å². The standard InChI is InChI=1S/C24H23BrN6O10S2/c1-24(2,22(39)40)41-30-13(11-7-43-23(26)28-11)18(35)29-14-19(36)31-15(21(37)38)9(6-42-20(14)31)5-27-17(34)8-3-10(25)16(33)12(32)4-8/h3-4,7,14,20,32-33H,5-6H2,1-2H3,(H2,26,28)(H,27,34)(H,29,35)(H,37,38)(H,39,40)/b30-13-/t14?,20-/m1/s1. The number of halogens is 1. The molecular formula is C24H23BrN6O10S2. The van der Waals surface area contributed by atoms with Crippen molar-refractivity contribution in [3.8, 4) is 11.5 Å². The van der Waals surface area contributed by atoms with Gasteiger partial charge in [-0.3, -0.25) is 19.3 Å². The van der Waals surface area contributed by atoms with Crippen molar-refractivity contribution in [3.63, 3.8) is 0 Å². The molecule has 19 heteroatoms. The Hall–Kier alpha value is -4.36. The Morgan fingerprint density at radius 1 is 1.26 bits per heavy atom. The summed E-state index contributed by atoms with van der Waals surface area (Å²) >= 11 is 5.14. The number of thioether (sulfide) groups is 1. The van der Waals surface area contributed by atoms with Crippen LogP contribution < -0.4 is 16.4 Å². The minimum atomic E-state index is -1.80. The number of phenols is 2. The Balaban J connectivity index is 1.50. The first-order valence-corrected chi connectivity index (χ1v) is 14.8. The second-order valence-corrected chi connectivity index (χ2v) is 12.4. The van der Waals surface area contributed by atoms with Gasteiger partial charge in [0.05, 0.1) is 4.47 Å². The van der Waals surface area contributed by atoms with E-state index in [0.29, 0.717) is 0 Å². The lowest BCUT2D eigenvalue weighted by molar-refractivity contribution is -0.161. The van der Waals surface area contributed by atoms with Gasteiger partial charge < -0.3 is 41.6 Å². The lowest BCUT2D eigenvalue weighted by Crippen LogP contribution is -2.71. The van der Waals surface area contributed by atoms with E-state index in [4.69, 9.17) is 10.6 Å². The summed E-state index contributed by atoms with van der Waals surface area (Å²) in [6.45, 7) is 2.17. The number of anilines is 1. The molecule has 3 heterocycles. The Bertz CT molecular complexity index is 1580. The molecule has 1 aromatic carbocycles. The van der Waals surface area contributed by atoms with Crippen LogP contribution in [0.2, 0.25) is 0 Å². The van der Waals surface area contributed by atoms with Crippen LogP contribution in [0.25, 0.3) is 0 Å². The van der Waals surface area contributed by atoms with Gasteiger partial charge in [0.2, 0.25) is 5.60 Å². The summed E-state index contributed by atoms with van der Waals surface area (Å²) in [5.41, 5.74) is 3.22. The number of rotatable bonds is 10. The minimum absolute atomic E-state index is 0.0150. The number of fused-ring (bicyclic) bond motifs is 1. The first kappa shape index (κ1) is 31.6. The maximum atomic E-state index is 13.2. The van der Waals surface area contributed by atoms with E-state index in [9.17, 15) is 44.4 Å². The number of aromatic hydroxyl groups is 2. The van der Waals surface area contributed by atoms with Crippen LogP contribution in [-0.4, -0.2) is 95.0 Å². The Labute approximate surface area is 258 Å². The number of hydrogen-bond donors (Lipinski definition) is 7. The summed E-state index contributed by atoms with van der Waals surface area (Å²) in [4.78, 5) is 72.5. The number of thiazole rings is 1. The molecule has 43 heavy (non-hydrogen) atoms. The van der Waals surface area contributed by atoms with Gasteiger partial charge in [0.15, 0.2) is 22.3 Å². The van der Waals surface area contributed by atoms with Gasteiger partial charge in [-0.25, -0.2) is 14.6 Å². The third-order valence-corrected chi connectivity index (χ3v) is 8.78. The zero-order chi connectivity index (χ0) is 31.8. The van der Waals surface area contributed by atoms with Crippen LogP contribution >= 0.6 is 39.0 Å². The average Bonchev–Trinajstić information content (AvgIpc) is 3.37. The summed E-state index contributed by atoms with van der Waals surface area (Å²) in [6.07, 6.45) is 0. The molecule has 16 nitrogen and oxygen atoms in total.